The van der Waals surface area contributed by atoms with Gasteiger partial charge in [0.1, 0.15) is 6.26 Å². The highest BCUT2D eigenvalue weighted by atomic mass is 16.5. The summed E-state index contributed by atoms with van der Waals surface area (Å²) in [6, 6.07) is 11.8. The highest BCUT2D eigenvalue weighted by Crippen LogP contribution is 2.20. The van der Waals surface area contributed by atoms with Crippen LogP contribution in [0.3, 0.4) is 0 Å². The molecule has 0 aliphatic heterocycles. The van der Waals surface area contributed by atoms with Gasteiger partial charge in [-0.3, -0.25) is 0 Å². The Labute approximate surface area is 128 Å². The fourth-order valence-electron chi connectivity index (χ4n) is 2.19. The van der Waals surface area contributed by atoms with Gasteiger partial charge in [-0.25, -0.2) is 0 Å². The van der Waals surface area contributed by atoms with Crippen molar-refractivity contribution in [3.05, 3.63) is 54.7 Å². The Hall–Kier alpha value is -2.60. The molecule has 3 rings (SSSR count). The first kappa shape index (κ1) is 14.3. The molecule has 0 spiro atoms. The molecule has 6 heteroatoms. The number of aromatic nitrogens is 2. The zero-order valence-corrected chi connectivity index (χ0v) is 12.1. The number of anilines is 1. The van der Waals surface area contributed by atoms with Crippen LogP contribution < -0.4 is 4.90 Å². The van der Waals surface area contributed by atoms with Crippen molar-refractivity contribution < 1.29 is 14.0 Å². The Morgan fingerprint density at radius 2 is 2.00 bits per heavy atom. The van der Waals surface area contributed by atoms with Crippen LogP contribution in [0.25, 0.3) is 11.5 Å². The quantitative estimate of drug-likeness (QED) is 0.723. The van der Waals surface area contributed by atoms with Crippen molar-refractivity contribution in [2.24, 2.45) is 0 Å². The molecule has 3 aromatic rings. The van der Waals surface area contributed by atoms with Crippen LogP contribution in [0, 0.1) is 0 Å². The van der Waals surface area contributed by atoms with E-state index in [0.29, 0.717) is 24.7 Å². The minimum atomic E-state index is 0.149. The average Bonchev–Trinajstić information content (AvgIpc) is 3.23. The molecular formula is C16H17N3O3. The summed E-state index contributed by atoms with van der Waals surface area (Å²) < 4.78 is 10.3. The predicted octanol–water partition coefficient (Wildman–Crippen LogP) is 2.72. The van der Waals surface area contributed by atoms with Gasteiger partial charge in [0.25, 0.3) is 5.89 Å². The number of aliphatic hydroxyl groups excluding tert-OH is 1. The number of rotatable bonds is 7. The first-order valence-electron chi connectivity index (χ1n) is 7.13. The molecule has 0 atom stereocenters. The van der Waals surface area contributed by atoms with Crippen molar-refractivity contribution in [2.45, 2.75) is 13.0 Å². The summed E-state index contributed by atoms with van der Waals surface area (Å²) in [6.07, 6.45) is 3.82. The van der Waals surface area contributed by atoms with Crippen molar-refractivity contribution in [3.8, 4) is 11.5 Å². The van der Waals surface area contributed by atoms with Crippen molar-refractivity contribution in [1.29, 1.82) is 0 Å². The van der Waals surface area contributed by atoms with E-state index in [-0.39, 0.29) is 6.61 Å². The number of furan rings is 1. The summed E-state index contributed by atoms with van der Waals surface area (Å²) >= 11 is 0. The van der Waals surface area contributed by atoms with Crippen LogP contribution >= 0.6 is 0 Å². The fraction of sp³-hybridized carbons (Fsp3) is 0.250. The van der Waals surface area contributed by atoms with Gasteiger partial charge in [0.2, 0.25) is 0 Å². The summed E-state index contributed by atoms with van der Waals surface area (Å²) in [4.78, 5) is 6.50. The van der Waals surface area contributed by atoms with E-state index >= 15 is 0 Å². The van der Waals surface area contributed by atoms with E-state index in [2.05, 4.69) is 15.0 Å². The highest BCUT2D eigenvalue weighted by Gasteiger charge is 2.14. The van der Waals surface area contributed by atoms with Crippen molar-refractivity contribution in [2.75, 3.05) is 18.1 Å². The topological polar surface area (TPSA) is 75.5 Å². The van der Waals surface area contributed by atoms with Crippen LogP contribution in [0.15, 0.2) is 57.9 Å². The van der Waals surface area contributed by atoms with Crippen molar-refractivity contribution >= 4 is 5.69 Å². The number of hydrogen-bond acceptors (Lipinski definition) is 6. The molecule has 0 radical (unpaired) electrons. The normalized spacial score (nSPS) is 10.8. The van der Waals surface area contributed by atoms with E-state index in [4.69, 9.17) is 14.0 Å². The van der Waals surface area contributed by atoms with Crippen LogP contribution in [-0.2, 0) is 6.54 Å². The number of para-hydroxylation sites is 1. The maximum absolute atomic E-state index is 9.07. The van der Waals surface area contributed by atoms with E-state index in [1.54, 1.807) is 18.6 Å². The third-order valence-corrected chi connectivity index (χ3v) is 3.28. The molecule has 114 valence electrons. The summed E-state index contributed by atoms with van der Waals surface area (Å²) in [7, 11) is 0. The minimum Gasteiger partial charge on any atom is -0.472 e. The second-order valence-corrected chi connectivity index (χ2v) is 4.86. The molecule has 2 heterocycles. The molecule has 2 aromatic heterocycles. The molecule has 0 unspecified atom stereocenters. The van der Waals surface area contributed by atoms with Gasteiger partial charge >= 0.3 is 0 Å². The number of nitrogens with zero attached hydrogens (tertiary/aromatic N) is 3. The van der Waals surface area contributed by atoms with Gasteiger partial charge in [0.05, 0.1) is 18.4 Å². The van der Waals surface area contributed by atoms with Gasteiger partial charge < -0.3 is 18.9 Å². The second-order valence-electron chi connectivity index (χ2n) is 4.86. The van der Waals surface area contributed by atoms with Crippen LogP contribution in [0.2, 0.25) is 0 Å². The SMILES string of the molecule is OCCCN(Cc1noc(-c2ccoc2)n1)c1ccccc1. The van der Waals surface area contributed by atoms with Crippen molar-refractivity contribution in [1.82, 2.24) is 10.1 Å². The Kier molecular flexibility index (Phi) is 4.50. The lowest BCUT2D eigenvalue weighted by Crippen LogP contribution is -2.25. The minimum absolute atomic E-state index is 0.149. The third kappa shape index (κ3) is 3.35. The maximum Gasteiger partial charge on any atom is 0.261 e. The van der Waals surface area contributed by atoms with E-state index in [1.807, 2.05) is 30.3 Å². The summed E-state index contributed by atoms with van der Waals surface area (Å²) in [6.45, 7) is 1.39. The van der Waals surface area contributed by atoms with Crippen molar-refractivity contribution in [3.63, 3.8) is 0 Å². The average molecular weight is 299 g/mol. The number of benzene rings is 1. The van der Waals surface area contributed by atoms with Gasteiger partial charge in [-0.1, -0.05) is 23.4 Å². The molecule has 0 aliphatic rings. The maximum atomic E-state index is 9.07. The van der Waals surface area contributed by atoms with Crippen LogP contribution in [0.4, 0.5) is 5.69 Å². The van der Waals surface area contributed by atoms with Crippen LogP contribution in [0.1, 0.15) is 12.2 Å². The Morgan fingerprint density at radius 1 is 1.14 bits per heavy atom. The molecule has 6 nitrogen and oxygen atoms in total. The number of hydrogen-bond donors (Lipinski definition) is 1. The van der Waals surface area contributed by atoms with Gasteiger partial charge in [-0.05, 0) is 24.6 Å². The Bertz CT molecular complexity index is 680. The molecule has 0 amide bonds. The predicted molar refractivity (Wildman–Crippen MR) is 81.2 cm³/mol. The van der Waals surface area contributed by atoms with E-state index < -0.39 is 0 Å². The summed E-state index contributed by atoms with van der Waals surface area (Å²) in [5.41, 5.74) is 1.82. The van der Waals surface area contributed by atoms with E-state index in [1.165, 1.54) is 0 Å². The Morgan fingerprint density at radius 3 is 2.73 bits per heavy atom. The van der Waals surface area contributed by atoms with Gasteiger partial charge in [0, 0.05) is 18.8 Å². The molecular weight excluding hydrogens is 282 g/mol. The second kappa shape index (κ2) is 6.91. The first-order valence-corrected chi connectivity index (χ1v) is 7.13. The lowest BCUT2D eigenvalue weighted by molar-refractivity contribution is 0.289. The Balaban J connectivity index is 1.76. The zero-order valence-electron chi connectivity index (χ0n) is 12.1. The molecule has 0 saturated heterocycles. The highest BCUT2D eigenvalue weighted by molar-refractivity contribution is 5.50. The number of aliphatic hydroxyl groups is 1. The summed E-state index contributed by atoms with van der Waals surface area (Å²) in [5, 5.41) is 13.1. The van der Waals surface area contributed by atoms with E-state index in [9.17, 15) is 0 Å². The molecule has 0 aliphatic carbocycles. The third-order valence-electron chi connectivity index (χ3n) is 3.28. The first-order chi connectivity index (χ1) is 10.9. The van der Waals surface area contributed by atoms with Gasteiger partial charge in [-0.2, -0.15) is 4.98 Å². The lowest BCUT2D eigenvalue weighted by Gasteiger charge is -2.22. The van der Waals surface area contributed by atoms with Gasteiger partial charge in [0.15, 0.2) is 5.82 Å². The zero-order chi connectivity index (χ0) is 15.2. The van der Waals surface area contributed by atoms with Gasteiger partial charge in [-0.15, -0.1) is 0 Å². The van der Waals surface area contributed by atoms with Crippen LogP contribution in [0.5, 0.6) is 0 Å². The molecule has 1 N–H and O–H groups in total. The van der Waals surface area contributed by atoms with E-state index in [0.717, 1.165) is 17.8 Å². The molecule has 1 aromatic carbocycles. The molecule has 0 fully saturated rings. The smallest absolute Gasteiger partial charge is 0.261 e. The monoisotopic (exact) mass is 299 g/mol. The lowest BCUT2D eigenvalue weighted by atomic mass is 10.2. The summed E-state index contributed by atoms with van der Waals surface area (Å²) in [5.74, 6) is 1.04. The van der Waals surface area contributed by atoms with Crippen LogP contribution in [-0.4, -0.2) is 28.4 Å². The fourth-order valence-corrected chi connectivity index (χ4v) is 2.19. The molecule has 0 bridgehead atoms. The molecule has 22 heavy (non-hydrogen) atoms. The molecule has 0 saturated carbocycles. The largest absolute Gasteiger partial charge is 0.472 e. The standard InChI is InChI=1S/C16H17N3O3/c20-9-4-8-19(14-5-2-1-3-6-14)11-15-17-16(22-18-15)13-7-10-21-12-13/h1-3,5-7,10,12,20H,4,8-9,11H2.